The zero-order valence-electron chi connectivity index (χ0n) is 9.48. The summed E-state index contributed by atoms with van der Waals surface area (Å²) in [4.78, 5) is 22.1. The van der Waals surface area contributed by atoms with E-state index in [0.29, 0.717) is 31.5 Å². The number of aromatic carboxylic acids is 1. The molecule has 0 aliphatic rings. The van der Waals surface area contributed by atoms with E-state index in [-0.39, 0.29) is 11.5 Å². The second kappa shape index (κ2) is 6.65. The van der Waals surface area contributed by atoms with Crippen molar-refractivity contribution in [1.29, 1.82) is 0 Å². The maximum absolute atomic E-state index is 11.1. The molecule has 0 heterocycles. The molecule has 92 valence electrons. The van der Waals surface area contributed by atoms with Crippen LogP contribution < -0.4 is 11.1 Å². The van der Waals surface area contributed by atoms with Gasteiger partial charge < -0.3 is 16.2 Å². The number of hydrogen-bond acceptors (Lipinski definition) is 3. The molecule has 1 amide bonds. The van der Waals surface area contributed by atoms with Gasteiger partial charge in [-0.2, -0.15) is 0 Å². The van der Waals surface area contributed by atoms with Crippen LogP contribution in [-0.2, 0) is 11.2 Å². The second-order valence-electron chi connectivity index (χ2n) is 3.60. The molecular weight excluding hydrogens is 220 g/mol. The summed E-state index contributed by atoms with van der Waals surface area (Å²) in [6.07, 6.45) is 0.791. The van der Waals surface area contributed by atoms with Gasteiger partial charge in [0, 0.05) is 19.5 Å². The van der Waals surface area contributed by atoms with Crippen LogP contribution in [0.15, 0.2) is 24.3 Å². The van der Waals surface area contributed by atoms with Crippen molar-refractivity contribution in [2.24, 2.45) is 5.73 Å². The minimum atomic E-state index is -0.950. The van der Waals surface area contributed by atoms with Crippen LogP contribution in [0.3, 0.4) is 0 Å². The van der Waals surface area contributed by atoms with E-state index in [9.17, 15) is 9.59 Å². The first kappa shape index (κ1) is 13.2. The molecule has 5 nitrogen and oxygen atoms in total. The first-order chi connectivity index (χ1) is 8.15. The maximum Gasteiger partial charge on any atom is 0.335 e. The number of nitrogens with two attached hydrogens (primary N) is 1. The predicted octanol–water partition coefficient (Wildman–Crippen LogP) is 0.392. The molecule has 0 saturated carbocycles. The van der Waals surface area contributed by atoms with Crippen LogP contribution in [0.5, 0.6) is 0 Å². The van der Waals surface area contributed by atoms with Crippen molar-refractivity contribution in [2.75, 3.05) is 13.1 Å². The zero-order chi connectivity index (χ0) is 12.7. The third kappa shape index (κ3) is 4.24. The van der Waals surface area contributed by atoms with Crippen molar-refractivity contribution >= 4 is 11.9 Å². The highest BCUT2D eigenvalue weighted by atomic mass is 16.4. The van der Waals surface area contributed by atoms with E-state index in [0.717, 1.165) is 0 Å². The average molecular weight is 236 g/mol. The Morgan fingerprint density at radius 1 is 1.29 bits per heavy atom. The van der Waals surface area contributed by atoms with Crippen molar-refractivity contribution in [2.45, 2.75) is 12.8 Å². The van der Waals surface area contributed by atoms with Gasteiger partial charge in [0.1, 0.15) is 0 Å². The van der Waals surface area contributed by atoms with Gasteiger partial charge in [-0.1, -0.05) is 18.2 Å². The van der Waals surface area contributed by atoms with E-state index < -0.39 is 5.97 Å². The summed E-state index contributed by atoms with van der Waals surface area (Å²) in [6, 6.07) is 6.77. The number of amides is 1. The van der Waals surface area contributed by atoms with E-state index >= 15 is 0 Å². The third-order valence-corrected chi connectivity index (χ3v) is 2.34. The van der Waals surface area contributed by atoms with Gasteiger partial charge in [-0.25, -0.2) is 4.79 Å². The lowest BCUT2D eigenvalue weighted by molar-refractivity contribution is -0.120. The molecule has 1 rings (SSSR count). The molecule has 0 fully saturated rings. The van der Waals surface area contributed by atoms with Crippen LogP contribution in [0.1, 0.15) is 22.3 Å². The quantitative estimate of drug-likeness (QED) is 0.666. The smallest absolute Gasteiger partial charge is 0.335 e. The Balaban J connectivity index is 2.52. The Labute approximate surface area is 99.6 Å². The summed E-state index contributed by atoms with van der Waals surface area (Å²) in [5, 5.41) is 11.6. The fourth-order valence-corrected chi connectivity index (χ4v) is 1.50. The molecule has 4 N–H and O–H groups in total. The number of carbonyl (C=O) groups is 2. The average Bonchev–Trinajstić information content (AvgIpc) is 2.30. The highest BCUT2D eigenvalue weighted by Crippen LogP contribution is 2.08. The second-order valence-corrected chi connectivity index (χ2v) is 3.60. The number of hydrogen-bond donors (Lipinski definition) is 3. The number of benzene rings is 1. The molecule has 0 atom stereocenters. The topological polar surface area (TPSA) is 92.4 Å². The van der Waals surface area contributed by atoms with Gasteiger partial charge >= 0.3 is 5.97 Å². The number of carboxylic acids is 1. The molecule has 0 aliphatic heterocycles. The minimum absolute atomic E-state index is 0.111. The molecule has 5 heteroatoms. The van der Waals surface area contributed by atoms with Crippen molar-refractivity contribution in [3.05, 3.63) is 35.4 Å². The van der Waals surface area contributed by atoms with Crippen LogP contribution in [0.4, 0.5) is 0 Å². The van der Waals surface area contributed by atoms with Gasteiger partial charge in [0.2, 0.25) is 5.91 Å². The summed E-state index contributed by atoms with van der Waals surface area (Å²) in [7, 11) is 0. The maximum atomic E-state index is 11.1. The fraction of sp³-hybridized carbons (Fsp3) is 0.333. The van der Waals surface area contributed by atoms with Crippen molar-refractivity contribution < 1.29 is 14.7 Å². The molecule has 0 spiro atoms. The Hall–Kier alpha value is -1.88. The Kier molecular flexibility index (Phi) is 5.16. The minimum Gasteiger partial charge on any atom is -0.478 e. The number of nitrogens with one attached hydrogen (secondary N) is 1. The van der Waals surface area contributed by atoms with Crippen LogP contribution in [-0.4, -0.2) is 30.1 Å². The molecule has 17 heavy (non-hydrogen) atoms. The van der Waals surface area contributed by atoms with Crippen molar-refractivity contribution in [1.82, 2.24) is 5.32 Å². The highest BCUT2D eigenvalue weighted by molar-refractivity contribution is 5.89. The van der Waals surface area contributed by atoms with Gasteiger partial charge in [0.05, 0.1) is 5.56 Å². The first-order valence-electron chi connectivity index (χ1n) is 5.43. The summed E-state index contributed by atoms with van der Waals surface area (Å²) >= 11 is 0. The zero-order valence-corrected chi connectivity index (χ0v) is 9.48. The molecular formula is C12H16N2O3. The highest BCUT2D eigenvalue weighted by Gasteiger charge is 2.08. The first-order valence-corrected chi connectivity index (χ1v) is 5.43. The lowest BCUT2D eigenvalue weighted by Gasteiger charge is -2.07. The van der Waals surface area contributed by atoms with Crippen LogP contribution in [0, 0.1) is 0 Å². The summed E-state index contributed by atoms with van der Waals surface area (Å²) < 4.78 is 0. The monoisotopic (exact) mass is 236 g/mol. The molecule has 0 unspecified atom stereocenters. The van der Waals surface area contributed by atoms with E-state index in [4.69, 9.17) is 10.8 Å². The molecule has 0 aliphatic carbocycles. The Bertz CT molecular complexity index is 404. The Morgan fingerprint density at radius 2 is 2.00 bits per heavy atom. The van der Waals surface area contributed by atoms with Gasteiger partial charge in [0.15, 0.2) is 0 Å². The van der Waals surface area contributed by atoms with Crippen molar-refractivity contribution in [3.63, 3.8) is 0 Å². The van der Waals surface area contributed by atoms with Gasteiger partial charge in [-0.15, -0.1) is 0 Å². The Morgan fingerprint density at radius 3 is 2.65 bits per heavy atom. The van der Waals surface area contributed by atoms with E-state index in [2.05, 4.69) is 5.32 Å². The van der Waals surface area contributed by atoms with Gasteiger partial charge in [-0.3, -0.25) is 4.79 Å². The summed E-state index contributed by atoms with van der Waals surface area (Å²) in [6.45, 7) is 0.737. The summed E-state index contributed by atoms with van der Waals surface area (Å²) in [5.41, 5.74) is 6.23. The standard InChI is InChI=1S/C12H16N2O3/c13-7-5-11(15)14-8-6-9-3-1-2-4-10(9)12(16)17/h1-4H,5-8,13H2,(H,14,15)(H,16,17). The molecule has 0 radical (unpaired) electrons. The van der Waals surface area contributed by atoms with E-state index in [1.165, 1.54) is 0 Å². The summed E-state index contributed by atoms with van der Waals surface area (Å²) in [5.74, 6) is -1.06. The molecule has 0 saturated heterocycles. The largest absolute Gasteiger partial charge is 0.478 e. The number of carboxylic acid groups (broad SMARTS) is 1. The molecule has 1 aromatic rings. The SMILES string of the molecule is NCCC(=O)NCCc1ccccc1C(=O)O. The number of rotatable bonds is 6. The molecule has 0 bridgehead atoms. The molecule has 1 aromatic carbocycles. The van der Waals surface area contributed by atoms with Gasteiger partial charge in [0.25, 0.3) is 0 Å². The lowest BCUT2D eigenvalue weighted by Crippen LogP contribution is -2.27. The van der Waals surface area contributed by atoms with E-state index in [1.807, 2.05) is 0 Å². The van der Waals surface area contributed by atoms with Crippen LogP contribution in [0.25, 0.3) is 0 Å². The normalized spacial score (nSPS) is 9.94. The predicted molar refractivity (Wildman–Crippen MR) is 63.8 cm³/mol. The van der Waals surface area contributed by atoms with Crippen molar-refractivity contribution in [3.8, 4) is 0 Å². The third-order valence-electron chi connectivity index (χ3n) is 2.34. The molecule has 0 aromatic heterocycles. The van der Waals surface area contributed by atoms with E-state index in [1.54, 1.807) is 24.3 Å². The lowest BCUT2D eigenvalue weighted by atomic mass is 10.0. The fourth-order valence-electron chi connectivity index (χ4n) is 1.50. The number of carbonyl (C=O) groups excluding carboxylic acids is 1. The van der Waals surface area contributed by atoms with Gasteiger partial charge in [-0.05, 0) is 18.1 Å². The van der Waals surface area contributed by atoms with Crippen LogP contribution >= 0.6 is 0 Å². The van der Waals surface area contributed by atoms with Crippen LogP contribution in [0.2, 0.25) is 0 Å².